The summed E-state index contributed by atoms with van der Waals surface area (Å²) in [6.45, 7) is 4.95. The van der Waals surface area contributed by atoms with Crippen molar-refractivity contribution in [1.29, 1.82) is 0 Å². The van der Waals surface area contributed by atoms with Crippen molar-refractivity contribution in [2.75, 3.05) is 11.9 Å². The quantitative estimate of drug-likeness (QED) is 0.803. The molecule has 4 nitrogen and oxygen atoms in total. The first-order chi connectivity index (χ1) is 10.5. The first-order valence-corrected chi connectivity index (χ1v) is 8.10. The van der Waals surface area contributed by atoms with E-state index in [1.54, 1.807) is 18.5 Å². The molecule has 1 amide bonds. The number of halogens is 1. The number of nitrogens with zero attached hydrogens (tertiary/aromatic N) is 1. The van der Waals surface area contributed by atoms with Gasteiger partial charge in [-0.3, -0.25) is 9.78 Å². The maximum absolute atomic E-state index is 12.1. The Balaban J connectivity index is 2.00. The zero-order valence-electron chi connectivity index (χ0n) is 12.8. The van der Waals surface area contributed by atoms with Crippen molar-refractivity contribution in [2.45, 2.75) is 20.3 Å². The molecule has 22 heavy (non-hydrogen) atoms. The zero-order chi connectivity index (χ0) is 15.9. The predicted molar refractivity (Wildman–Crippen MR) is 93.4 cm³/mol. The van der Waals surface area contributed by atoms with Gasteiger partial charge < -0.3 is 10.6 Å². The molecule has 0 radical (unpaired) electrons. The molecule has 0 aliphatic rings. The largest absolute Gasteiger partial charge is 0.354 e. The standard InChI is InChI=1S/C17H20BrN3O/c1-12(2)7-8-20-17(22)13-9-16(11-19-10-13)21-15-5-3-14(18)4-6-15/h3-6,9-12,21H,7-8H2,1-2H3,(H,20,22). The van der Waals surface area contributed by atoms with Crippen LogP contribution < -0.4 is 10.6 Å². The number of rotatable bonds is 6. The highest BCUT2D eigenvalue weighted by Crippen LogP contribution is 2.19. The summed E-state index contributed by atoms with van der Waals surface area (Å²) in [7, 11) is 0. The van der Waals surface area contributed by atoms with Crippen molar-refractivity contribution < 1.29 is 4.79 Å². The molecule has 0 aliphatic heterocycles. The van der Waals surface area contributed by atoms with E-state index in [-0.39, 0.29) is 5.91 Å². The van der Waals surface area contributed by atoms with Gasteiger partial charge in [0.25, 0.3) is 5.91 Å². The SMILES string of the molecule is CC(C)CCNC(=O)c1cncc(Nc2ccc(Br)cc2)c1. The fourth-order valence-electron chi connectivity index (χ4n) is 1.91. The van der Waals surface area contributed by atoms with Crippen LogP contribution in [0.5, 0.6) is 0 Å². The molecule has 2 N–H and O–H groups in total. The van der Waals surface area contributed by atoms with Gasteiger partial charge in [-0.25, -0.2) is 0 Å². The number of aromatic nitrogens is 1. The number of hydrogen-bond donors (Lipinski definition) is 2. The van der Waals surface area contributed by atoms with E-state index < -0.39 is 0 Å². The molecular weight excluding hydrogens is 342 g/mol. The highest BCUT2D eigenvalue weighted by atomic mass is 79.9. The molecule has 2 aromatic rings. The maximum Gasteiger partial charge on any atom is 0.252 e. The molecule has 0 fully saturated rings. The van der Waals surface area contributed by atoms with Gasteiger partial charge in [0.1, 0.15) is 0 Å². The Kier molecular flexibility index (Phi) is 5.95. The second kappa shape index (κ2) is 7.94. The van der Waals surface area contributed by atoms with Crippen LogP contribution in [-0.4, -0.2) is 17.4 Å². The average Bonchev–Trinajstić information content (AvgIpc) is 2.49. The summed E-state index contributed by atoms with van der Waals surface area (Å²) in [4.78, 5) is 16.2. The lowest BCUT2D eigenvalue weighted by atomic mass is 10.1. The highest BCUT2D eigenvalue weighted by molar-refractivity contribution is 9.10. The normalized spacial score (nSPS) is 10.5. The molecule has 0 saturated carbocycles. The van der Waals surface area contributed by atoms with E-state index in [4.69, 9.17) is 0 Å². The fraction of sp³-hybridized carbons (Fsp3) is 0.294. The van der Waals surface area contributed by atoms with E-state index in [0.717, 1.165) is 22.3 Å². The molecule has 1 aromatic carbocycles. The van der Waals surface area contributed by atoms with Crippen LogP contribution in [0.3, 0.4) is 0 Å². The number of nitrogens with one attached hydrogen (secondary N) is 2. The van der Waals surface area contributed by atoms with E-state index in [0.29, 0.717) is 18.0 Å². The molecule has 0 saturated heterocycles. The van der Waals surface area contributed by atoms with E-state index >= 15 is 0 Å². The minimum Gasteiger partial charge on any atom is -0.354 e. The molecule has 116 valence electrons. The van der Waals surface area contributed by atoms with Crippen molar-refractivity contribution in [1.82, 2.24) is 10.3 Å². The number of pyridine rings is 1. The topological polar surface area (TPSA) is 54.0 Å². The van der Waals surface area contributed by atoms with Gasteiger partial charge in [0.05, 0.1) is 17.4 Å². The Labute approximate surface area is 139 Å². The van der Waals surface area contributed by atoms with Gasteiger partial charge in [-0.05, 0) is 42.7 Å². The number of carbonyl (C=O) groups is 1. The molecule has 5 heteroatoms. The second-order valence-corrected chi connectivity index (χ2v) is 6.45. The summed E-state index contributed by atoms with van der Waals surface area (Å²) >= 11 is 3.40. The monoisotopic (exact) mass is 361 g/mol. The van der Waals surface area contributed by atoms with Gasteiger partial charge in [-0.2, -0.15) is 0 Å². The summed E-state index contributed by atoms with van der Waals surface area (Å²) in [6.07, 6.45) is 4.25. The Morgan fingerprint density at radius 1 is 1.18 bits per heavy atom. The van der Waals surface area contributed by atoms with Crippen LogP contribution in [0.15, 0.2) is 47.2 Å². The maximum atomic E-state index is 12.1. The van der Waals surface area contributed by atoms with Crippen molar-refractivity contribution >= 4 is 33.2 Å². The van der Waals surface area contributed by atoms with Gasteiger partial charge in [-0.15, -0.1) is 0 Å². The van der Waals surface area contributed by atoms with E-state index in [1.807, 2.05) is 24.3 Å². The molecule has 0 bridgehead atoms. The number of hydrogen-bond acceptors (Lipinski definition) is 3. The Bertz CT molecular complexity index is 626. The summed E-state index contributed by atoms with van der Waals surface area (Å²) in [6, 6.07) is 9.63. The Morgan fingerprint density at radius 3 is 2.59 bits per heavy atom. The fourth-order valence-corrected chi connectivity index (χ4v) is 2.17. The summed E-state index contributed by atoms with van der Waals surface area (Å²) in [5.74, 6) is 0.483. The number of carbonyl (C=O) groups excluding carboxylic acids is 1. The average molecular weight is 362 g/mol. The lowest BCUT2D eigenvalue weighted by Gasteiger charge is -2.09. The molecule has 0 atom stereocenters. The van der Waals surface area contributed by atoms with E-state index in [9.17, 15) is 4.79 Å². The third kappa shape index (κ3) is 5.15. The minimum absolute atomic E-state index is 0.0902. The zero-order valence-corrected chi connectivity index (χ0v) is 14.4. The van der Waals surface area contributed by atoms with Crippen LogP contribution in [0, 0.1) is 5.92 Å². The minimum atomic E-state index is -0.0902. The highest BCUT2D eigenvalue weighted by Gasteiger charge is 2.07. The molecule has 1 heterocycles. The summed E-state index contributed by atoms with van der Waals surface area (Å²) in [5, 5.41) is 6.15. The lowest BCUT2D eigenvalue weighted by molar-refractivity contribution is 0.0951. The van der Waals surface area contributed by atoms with E-state index in [2.05, 4.69) is 45.4 Å². The van der Waals surface area contributed by atoms with Crippen molar-refractivity contribution in [3.8, 4) is 0 Å². The smallest absolute Gasteiger partial charge is 0.252 e. The molecule has 2 rings (SSSR count). The van der Waals surface area contributed by atoms with Crippen LogP contribution in [0.2, 0.25) is 0 Å². The first kappa shape index (κ1) is 16.5. The van der Waals surface area contributed by atoms with Gasteiger partial charge in [-0.1, -0.05) is 29.8 Å². The third-order valence-corrected chi connectivity index (χ3v) is 3.67. The lowest BCUT2D eigenvalue weighted by Crippen LogP contribution is -2.25. The number of benzene rings is 1. The van der Waals surface area contributed by atoms with Crippen LogP contribution in [0.1, 0.15) is 30.6 Å². The predicted octanol–water partition coefficient (Wildman–Crippen LogP) is 4.36. The van der Waals surface area contributed by atoms with Crippen LogP contribution >= 0.6 is 15.9 Å². The van der Waals surface area contributed by atoms with Crippen molar-refractivity contribution in [3.63, 3.8) is 0 Å². The molecule has 0 spiro atoms. The Hall–Kier alpha value is -1.88. The van der Waals surface area contributed by atoms with E-state index in [1.165, 1.54) is 0 Å². The van der Waals surface area contributed by atoms with Gasteiger partial charge >= 0.3 is 0 Å². The van der Waals surface area contributed by atoms with Crippen LogP contribution in [-0.2, 0) is 0 Å². The van der Waals surface area contributed by atoms with Gasteiger partial charge in [0.15, 0.2) is 0 Å². The summed E-state index contributed by atoms with van der Waals surface area (Å²) < 4.78 is 1.02. The van der Waals surface area contributed by atoms with Crippen molar-refractivity contribution in [3.05, 3.63) is 52.8 Å². The van der Waals surface area contributed by atoms with Crippen LogP contribution in [0.4, 0.5) is 11.4 Å². The molecular formula is C17H20BrN3O. The molecule has 1 aromatic heterocycles. The Morgan fingerprint density at radius 2 is 1.91 bits per heavy atom. The van der Waals surface area contributed by atoms with Gasteiger partial charge in [0.2, 0.25) is 0 Å². The number of amides is 1. The van der Waals surface area contributed by atoms with Crippen LogP contribution in [0.25, 0.3) is 0 Å². The third-order valence-electron chi connectivity index (χ3n) is 3.14. The molecule has 0 unspecified atom stereocenters. The second-order valence-electron chi connectivity index (χ2n) is 5.53. The molecule has 0 aliphatic carbocycles. The van der Waals surface area contributed by atoms with Gasteiger partial charge in [0, 0.05) is 22.9 Å². The van der Waals surface area contributed by atoms with Crippen molar-refractivity contribution in [2.24, 2.45) is 5.92 Å². The summed E-state index contributed by atoms with van der Waals surface area (Å²) in [5.41, 5.74) is 2.30. The first-order valence-electron chi connectivity index (χ1n) is 7.30. The number of anilines is 2.